The summed E-state index contributed by atoms with van der Waals surface area (Å²) in [6.45, 7) is 1.76. The van der Waals surface area contributed by atoms with E-state index in [9.17, 15) is 9.59 Å². The number of anilines is 2. The smallest absolute Gasteiger partial charge is 0.255 e. The number of hydrogen-bond donors (Lipinski definition) is 2. The highest BCUT2D eigenvalue weighted by atomic mass is 35.5. The van der Waals surface area contributed by atoms with Crippen molar-refractivity contribution in [1.29, 1.82) is 0 Å². The number of carbonyl (C=O) groups excluding carboxylic acids is 2. The zero-order chi connectivity index (χ0) is 16.8. The second kappa shape index (κ2) is 7.65. The number of nitrogens with one attached hydrogen (secondary N) is 2. The molecule has 23 heavy (non-hydrogen) atoms. The fraction of sp³-hybridized carbons (Fsp3) is 0.176. The predicted octanol–water partition coefficient (Wildman–Crippen LogP) is 3.95. The Morgan fingerprint density at radius 1 is 1.13 bits per heavy atom. The van der Waals surface area contributed by atoms with Crippen molar-refractivity contribution in [3.63, 3.8) is 0 Å². The number of halogens is 1. The van der Waals surface area contributed by atoms with E-state index in [1.807, 2.05) is 0 Å². The third kappa shape index (κ3) is 4.47. The molecule has 0 spiro atoms. The van der Waals surface area contributed by atoms with Crippen molar-refractivity contribution < 1.29 is 14.3 Å². The topological polar surface area (TPSA) is 67.4 Å². The lowest BCUT2D eigenvalue weighted by Crippen LogP contribution is -2.14. The quantitative estimate of drug-likeness (QED) is 0.871. The van der Waals surface area contributed by atoms with Gasteiger partial charge in [0.25, 0.3) is 5.91 Å². The molecular weight excluding hydrogens is 316 g/mol. The van der Waals surface area contributed by atoms with Crippen molar-refractivity contribution in [2.45, 2.75) is 13.3 Å². The minimum Gasteiger partial charge on any atom is -0.495 e. The van der Waals surface area contributed by atoms with E-state index in [1.54, 1.807) is 49.4 Å². The van der Waals surface area contributed by atoms with Crippen molar-refractivity contribution in [1.82, 2.24) is 0 Å². The number of benzene rings is 2. The average Bonchev–Trinajstić information content (AvgIpc) is 2.55. The van der Waals surface area contributed by atoms with Gasteiger partial charge in [-0.2, -0.15) is 0 Å². The van der Waals surface area contributed by atoms with Gasteiger partial charge >= 0.3 is 0 Å². The Bertz CT molecular complexity index is 732. The molecule has 2 aromatic rings. The molecule has 5 nitrogen and oxygen atoms in total. The molecule has 0 bridgehead atoms. The van der Waals surface area contributed by atoms with E-state index in [0.29, 0.717) is 34.1 Å². The van der Waals surface area contributed by atoms with Gasteiger partial charge in [-0.05, 0) is 36.4 Å². The third-order valence-corrected chi connectivity index (χ3v) is 3.37. The van der Waals surface area contributed by atoms with E-state index < -0.39 is 0 Å². The Labute approximate surface area is 139 Å². The Balaban J connectivity index is 2.19. The van der Waals surface area contributed by atoms with E-state index in [0.717, 1.165) is 0 Å². The Morgan fingerprint density at radius 2 is 1.91 bits per heavy atom. The summed E-state index contributed by atoms with van der Waals surface area (Å²) in [6, 6.07) is 11.7. The molecule has 2 N–H and O–H groups in total. The Morgan fingerprint density at radius 3 is 2.61 bits per heavy atom. The highest BCUT2D eigenvalue weighted by molar-refractivity contribution is 6.31. The molecule has 2 rings (SSSR count). The van der Waals surface area contributed by atoms with Crippen LogP contribution in [0.4, 0.5) is 11.4 Å². The summed E-state index contributed by atoms with van der Waals surface area (Å²) < 4.78 is 5.20. The number of carbonyl (C=O) groups is 2. The highest BCUT2D eigenvalue weighted by Crippen LogP contribution is 2.28. The van der Waals surface area contributed by atoms with Gasteiger partial charge in [0.05, 0.1) is 12.8 Å². The highest BCUT2D eigenvalue weighted by Gasteiger charge is 2.11. The maximum atomic E-state index is 12.4. The molecule has 0 atom stereocenters. The SMILES string of the molecule is CCC(=O)Nc1cccc(C(=O)Nc2cc(Cl)ccc2OC)c1. The van der Waals surface area contributed by atoms with E-state index in [2.05, 4.69) is 10.6 Å². The Hall–Kier alpha value is -2.53. The largest absolute Gasteiger partial charge is 0.495 e. The first-order chi connectivity index (χ1) is 11.0. The average molecular weight is 333 g/mol. The van der Waals surface area contributed by atoms with Gasteiger partial charge in [0.2, 0.25) is 5.91 Å². The molecule has 2 aromatic carbocycles. The third-order valence-electron chi connectivity index (χ3n) is 3.14. The number of ether oxygens (including phenoxy) is 1. The summed E-state index contributed by atoms with van der Waals surface area (Å²) in [4.78, 5) is 23.8. The second-order valence-electron chi connectivity index (χ2n) is 4.78. The van der Waals surface area contributed by atoms with Crippen LogP contribution in [0.25, 0.3) is 0 Å². The number of rotatable bonds is 5. The number of methoxy groups -OCH3 is 1. The van der Waals surface area contributed by atoms with Gasteiger partial charge in [-0.25, -0.2) is 0 Å². The van der Waals surface area contributed by atoms with Gasteiger partial charge in [-0.15, -0.1) is 0 Å². The first-order valence-electron chi connectivity index (χ1n) is 7.08. The number of hydrogen-bond acceptors (Lipinski definition) is 3. The van der Waals surface area contributed by atoms with Crippen LogP contribution in [0.15, 0.2) is 42.5 Å². The maximum Gasteiger partial charge on any atom is 0.255 e. The van der Waals surface area contributed by atoms with Crippen molar-refractivity contribution >= 4 is 34.8 Å². The summed E-state index contributed by atoms with van der Waals surface area (Å²) in [5, 5.41) is 5.96. The monoisotopic (exact) mass is 332 g/mol. The Kier molecular flexibility index (Phi) is 5.60. The summed E-state index contributed by atoms with van der Waals surface area (Å²) in [5.41, 5.74) is 1.47. The van der Waals surface area contributed by atoms with Crippen LogP contribution in [0.3, 0.4) is 0 Å². The van der Waals surface area contributed by atoms with Crippen molar-refractivity contribution in [3.8, 4) is 5.75 Å². The van der Waals surface area contributed by atoms with Gasteiger partial charge in [0.1, 0.15) is 5.75 Å². The molecule has 0 aliphatic rings. The molecular formula is C17H17ClN2O3. The first-order valence-corrected chi connectivity index (χ1v) is 7.46. The fourth-order valence-electron chi connectivity index (χ4n) is 1.96. The van der Waals surface area contributed by atoms with Crippen LogP contribution in [0.1, 0.15) is 23.7 Å². The van der Waals surface area contributed by atoms with Crippen molar-refractivity contribution in [2.75, 3.05) is 17.7 Å². The van der Waals surface area contributed by atoms with Gasteiger partial charge < -0.3 is 15.4 Å². The predicted molar refractivity (Wildman–Crippen MR) is 91.3 cm³/mol. The first kappa shape index (κ1) is 16.8. The van der Waals surface area contributed by atoms with Gasteiger partial charge in [0.15, 0.2) is 0 Å². The molecule has 6 heteroatoms. The van der Waals surface area contributed by atoms with E-state index in [1.165, 1.54) is 7.11 Å². The van der Waals surface area contributed by atoms with Crippen molar-refractivity contribution in [2.24, 2.45) is 0 Å². The molecule has 0 heterocycles. The lowest BCUT2D eigenvalue weighted by atomic mass is 10.1. The molecule has 2 amide bonds. The summed E-state index contributed by atoms with van der Waals surface area (Å²) in [5.74, 6) is 0.0791. The molecule has 0 saturated heterocycles. The molecule has 0 fully saturated rings. The molecule has 0 unspecified atom stereocenters. The molecule has 120 valence electrons. The van der Waals surface area contributed by atoms with Crippen LogP contribution in [0.5, 0.6) is 5.75 Å². The normalized spacial score (nSPS) is 10.0. The zero-order valence-corrected chi connectivity index (χ0v) is 13.6. The minimum atomic E-state index is -0.321. The van der Waals surface area contributed by atoms with Crippen LogP contribution in [-0.4, -0.2) is 18.9 Å². The minimum absolute atomic E-state index is 0.112. The second-order valence-corrected chi connectivity index (χ2v) is 5.22. The van der Waals surface area contributed by atoms with Crippen LogP contribution in [0.2, 0.25) is 5.02 Å². The summed E-state index contributed by atoms with van der Waals surface area (Å²) in [7, 11) is 1.51. The summed E-state index contributed by atoms with van der Waals surface area (Å²) in [6.07, 6.45) is 0.371. The van der Waals surface area contributed by atoms with Gasteiger partial charge in [-0.1, -0.05) is 24.6 Å². The van der Waals surface area contributed by atoms with E-state index in [-0.39, 0.29) is 11.8 Å². The number of amides is 2. The molecule has 0 aliphatic heterocycles. The molecule has 0 radical (unpaired) electrons. The van der Waals surface area contributed by atoms with Gasteiger partial charge in [-0.3, -0.25) is 9.59 Å². The van der Waals surface area contributed by atoms with Gasteiger partial charge in [0, 0.05) is 22.7 Å². The van der Waals surface area contributed by atoms with Crippen LogP contribution < -0.4 is 15.4 Å². The molecule has 0 aliphatic carbocycles. The van der Waals surface area contributed by atoms with Crippen LogP contribution >= 0.6 is 11.6 Å². The molecule has 0 aromatic heterocycles. The van der Waals surface area contributed by atoms with Crippen LogP contribution in [-0.2, 0) is 4.79 Å². The lowest BCUT2D eigenvalue weighted by Gasteiger charge is -2.11. The van der Waals surface area contributed by atoms with Crippen LogP contribution in [0, 0.1) is 0 Å². The van der Waals surface area contributed by atoms with E-state index in [4.69, 9.17) is 16.3 Å². The standard InChI is InChI=1S/C17H17ClN2O3/c1-3-16(21)19-13-6-4-5-11(9-13)17(22)20-14-10-12(18)7-8-15(14)23-2/h4-10H,3H2,1-2H3,(H,19,21)(H,20,22). The molecule has 0 saturated carbocycles. The zero-order valence-electron chi connectivity index (χ0n) is 12.9. The summed E-state index contributed by atoms with van der Waals surface area (Å²) >= 11 is 5.95. The maximum absolute atomic E-state index is 12.4. The fourth-order valence-corrected chi connectivity index (χ4v) is 2.13. The van der Waals surface area contributed by atoms with E-state index >= 15 is 0 Å². The van der Waals surface area contributed by atoms with Crippen molar-refractivity contribution in [3.05, 3.63) is 53.1 Å². The lowest BCUT2D eigenvalue weighted by molar-refractivity contribution is -0.115.